The average Bonchev–Trinajstić information content (AvgIpc) is 3.23. The lowest BCUT2D eigenvalue weighted by Gasteiger charge is -2.38. The van der Waals surface area contributed by atoms with Gasteiger partial charge in [0.1, 0.15) is 17.7 Å². The third-order valence-electron chi connectivity index (χ3n) is 7.08. The number of nitrogens with zero attached hydrogens (tertiary/aromatic N) is 3. The van der Waals surface area contributed by atoms with Gasteiger partial charge in [-0.25, -0.2) is 8.78 Å². The largest absolute Gasteiger partial charge is 0.338 e. The molecule has 1 saturated carbocycles. The molecule has 2 aliphatic heterocycles. The molecule has 0 bridgehead atoms. The molecule has 2 heterocycles. The molecule has 0 N–H and O–H groups in total. The predicted molar refractivity (Wildman–Crippen MR) is 110 cm³/mol. The molecule has 164 valence electrons. The first kappa shape index (κ1) is 21.2. The lowest BCUT2D eigenvalue weighted by molar-refractivity contribution is -0.147. The van der Waals surface area contributed by atoms with Gasteiger partial charge in [0, 0.05) is 44.7 Å². The number of benzene rings is 1. The number of likely N-dealkylation sites (tertiary alicyclic amines) is 1. The van der Waals surface area contributed by atoms with E-state index >= 15 is 0 Å². The first-order valence-corrected chi connectivity index (χ1v) is 11.2. The maximum absolute atomic E-state index is 14.5. The van der Waals surface area contributed by atoms with Crippen molar-refractivity contribution in [3.8, 4) is 0 Å². The summed E-state index contributed by atoms with van der Waals surface area (Å²) in [4.78, 5) is 32.6. The van der Waals surface area contributed by atoms with E-state index in [4.69, 9.17) is 0 Å². The Kier molecular flexibility index (Phi) is 6.37. The van der Waals surface area contributed by atoms with Gasteiger partial charge in [-0.2, -0.15) is 0 Å². The fourth-order valence-corrected chi connectivity index (χ4v) is 5.34. The smallest absolute Gasteiger partial charge is 0.245 e. The Bertz CT molecular complexity index is 795. The summed E-state index contributed by atoms with van der Waals surface area (Å²) in [5.74, 6) is -1.77. The van der Waals surface area contributed by atoms with Gasteiger partial charge in [0.25, 0.3) is 0 Å². The second-order valence-electron chi connectivity index (χ2n) is 8.98. The summed E-state index contributed by atoms with van der Waals surface area (Å²) in [6, 6.07) is 3.25. The normalized spacial score (nSPS) is 28.0. The van der Waals surface area contributed by atoms with E-state index in [1.807, 2.05) is 11.9 Å². The monoisotopic (exact) mass is 419 g/mol. The number of likely N-dealkylation sites (N-methyl/N-ethyl adjacent to an activating group) is 1. The predicted octanol–water partition coefficient (Wildman–Crippen LogP) is 3.00. The molecular formula is C23H31F2N3O2. The number of hydrogen-bond acceptors (Lipinski definition) is 3. The molecule has 1 aromatic carbocycles. The van der Waals surface area contributed by atoms with Crippen LogP contribution in [-0.4, -0.2) is 72.3 Å². The summed E-state index contributed by atoms with van der Waals surface area (Å²) >= 11 is 0. The van der Waals surface area contributed by atoms with Crippen LogP contribution in [-0.2, 0) is 9.59 Å². The van der Waals surface area contributed by atoms with E-state index in [0.717, 1.165) is 38.4 Å². The minimum Gasteiger partial charge on any atom is -0.338 e. The number of hydrogen-bond donors (Lipinski definition) is 0. The van der Waals surface area contributed by atoms with Gasteiger partial charge in [-0.3, -0.25) is 9.59 Å². The van der Waals surface area contributed by atoms with Gasteiger partial charge >= 0.3 is 0 Å². The number of carbonyl (C=O) groups is 2. The topological polar surface area (TPSA) is 43.9 Å². The van der Waals surface area contributed by atoms with Crippen molar-refractivity contribution in [3.05, 3.63) is 35.4 Å². The molecule has 7 heteroatoms. The third-order valence-corrected chi connectivity index (χ3v) is 7.08. The van der Waals surface area contributed by atoms with Gasteiger partial charge in [-0.05, 0) is 50.3 Å². The van der Waals surface area contributed by atoms with E-state index in [1.165, 1.54) is 12.1 Å². The van der Waals surface area contributed by atoms with Gasteiger partial charge in [-0.1, -0.05) is 18.9 Å². The maximum atomic E-state index is 14.5. The third kappa shape index (κ3) is 4.22. The van der Waals surface area contributed by atoms with Gasteiger partial charge in [0.05, 0.1) is 0 Å². The average molecular weight is 420 g/mol. The molecule has 3 atom stereocenters. The van der Waals surface area contributed by atoms with Crippen LogP contribution in [0.1, 0.15) is 50.0 Å². The second kappa shape index (κ2) is 9.00. The highest BCUT2D eigenvalue weighted by Crippen LogP contribution is 2.41. The quantitative estimate of drug-likeness (QED) is 0.757. The molecule has 5 nitrogen and oxygen atoms in total. The van der Waals surface area contributed by atoms with Crippen molar-refractivity contribution < 1.29 is 18.4 Å². The van der Waals surface area contributed by atoms with Gasteiger partial charge in [-0.15, -0.1) is 0 Å². The standard InChI is InChI=1S/C23H31F2N3O2/c1-26-11-13-27(14-12-26)23(30)21-7-4-10-28(21)22(29)19-6-3-2-5-17(19)18-9-8-16(24)15-20(18)25/h8-9,15,17,19,21H,2-7,10-14H2,1H3/t17-,19+,21-/m0/s1. The van der Waals surface area contributed by atoms with Crippen LogP contribution >= 0.6 is 0 Å². The molecule has 3 fully saturated rings. The summed E-state index contributed by atoms with van der Waals surface area (Å²) in [5, 5.41) is 0. The molecule has 0 radical (unpaired) electrons. The minimum absolute atomic E-state index is 0.0339. The Balaban J connectivity index is 1.51. The fraction of sp³-hybridized carbons (Fsp3) is 0.652. The molecule has 1 aliphatic carbocycles. The lowest BCUT2D eigenvalue weighted by Crippen LogP contribution is -2.54. The molecule has 0 aromatic heterocycles. The minimum atomic E-state index is -0.604. The summed E-state index contributed by atoms with van der Waals surface area (Å²) < 4.78 is 27.9. The molecule has 3 aliphatic rings. The first-order valence-electron chi connectivity index (χ1n) is 11.2. The molecule has 30 heavy (non-hydrogen) atoms. The highest BCUT2D eigenvalue weighted by Gasteiger charge is 2.42. The molecule has 2 amide bonds. The Morgan fingerprint density at radius 2 is 1.63 bits per heavy atom. The number of halogens is 2. The Hall–Kier alpha value is -2.02. The van der Waals surface area contributed by atoms with Crippen LogP contribution in [0.2, 0.25) is 0 Å². The summed E-state index contributed by atoms with van der Waals surface area (Å²) in [6.45, 7) is 3.67. The summed E-state index contributed by atoms with van der Waals surface area (Å²) in [7, 11) is 2.05. The zero-order valence-corrected chi connectivity index (χ0v) is 17.7. The van der Waals surface area contributed by atoms with E-state index in [-0.39, 0.29) is 23.7 Å². The SMILES string of the molecule is CN1CCN(C(=O)[C@@H]2CCCN2C(=O)[C@@H]2CCCC[C@H]2c2ccc(F)cc2F)CC1. The van der Waals surface area contributed by atoms with Crippen LogP contribution in [0, 0.1) is 17.6 Å². The van der Waals surface area contributed by atoms with Crippen molar-refractivity contribution in [1.29, 1.82) is 0 Å². The number of carbonyl (C=O) groups excluding carboxylic acids is 2. The molecule has 4 rings (SSSR count). The van der Waals surface area contributed by atoms with E-state index in [9.17, 15) is 18.4 Å². The summed E-state index contributed by atoms with van der Waals surface area (Å²) in [6.07, 6.45) is 4.75. The van der Waals surface area contributed by atoms with Gasteiger partial charge in [0.2, 0.25) is 11.8 Å². The molecule has 0 unspecified atom stereocenters. The zero-order chi connectivity index (χ0) is 21.3. The van der Waals surface area contributed by atoms with Crippen LogP contribution < -0.4 is 0 Å². The van der Waals surface area contributed by atoms with Crippen molar-refractivity contribution in [2.45, 2.75) is 50.5 Å². The van der Waals surface area contributed by atoms with E-state index in [2.05, 4.69) is 4.90 Å². The molecule has 2 saturated heterocycles. The van der Waals surface area contributed by atoms with Crippen molar-refractivity contribution in [3.63, 3.8) is 0 Å². The van der Waals surface area contributed by atoms with Crippen molar-refractivity contribution in [1.82, 2.24) is 14.7 Å². The molecule has 0 spiro atoms. The Labute approximate surface area is 177 Å². The fourth-order valence-electron chi connectivity index (χ4n) is 5.34. The van der Waals surface area contributed by atoms with Crippen LogP contribution in [0.4, 0.5) is 8.78 Å². The number of piperazine rings is 1. The van der Waals surface area contributed by atoms with Crippen LogP contribution in [0.15, 0.2) is 18.2 Å². The molecular weight excluding hydrogens is 388 g/mol. The van der Waals surface area contributed by atoms with Crippen LogP contribution in [0.25, 0.3) is 0 Å². The highest BCUT2D eigenvalue weighted by atomic mass is 19.1. The number of rotatable bonds is 3. The number of amides is 2. The van der Waals surface area contributed by atoms with E-state index in [1.54, 1.807) is 4.90 Å². The van der Waals surface area contributed by atoms with E-state index in [0.29, 0.717) is 44.5 Å². The first-order chi connectivity index (χ1) is 14.5. The zero-order valence-electron chi connectivity index (χ0n) is 17.7. The van der Waals surface area contributed by atoms with Crippen molar-refractivity contribution >= 4 is 11.8 Å². The molecule has 1 aromatic rings. The van der Waals surface area contributed by atoms with Crippen molar-refractivity contribution in [2.24, 2.45) is 5.92 Å². The Morgan fingerprint density at radius 3 is 2.37 bits per heavy atom. The second-order valence-corrected chi connectivity index (χ2v) is 8.98. The maximum Gasteiger partial charge on any atom is 0.245 e. The highest BCUT2D eigenvalue weighted by molar-refractivity contribution is 5.89. The van der Waals surface area contributed by atoms with Crippen LogP contribution in [0.5, 0.6) is 0 Å². The van der Waals surface area contributed by atoms with Crippen molar-refractivity contribution in [2.75, 3.05) is 39.8 Å². The van der Waals surface area contributed by atoms with Gasteiger partial charge in [0.15, 0.2) is 0 Å². The summed E-state index contributed by atoms with van der Waals surface area (Å²) in [5.41, 5.74) is 0.426. The van der Waals surface area contributed by atoms with Gasteiger partial charge < -0.3 is 14.7 Å². The lowest BCUT2D eigenvalue weighted by atomic mass is 9.74. The van der Waals surface area contributed by atoms with E-state index < -0.39 is 17.7 Å². The van der Waals surface area contributed by atoms with Crippen LogP contribution in [0.3, 0.4) is 0 Å². The Morgan fingerprint density at radius 1 is 0.900 bits per heavy atom.